The Morgan fingerprint density at radius 1 is 1.19 bits per heavy atom. The normalized spacial score (nSPS) is 10.7. The highest BCUT2D eigenvalue weighted by molar-refractivity contribution is 7.99. The molecule has 0 atom stereocenters. The second-order valence-electron chi connectivity index (χ2n) is 6.01. The monoisotopic (exact) mass is 410 g/mol. The van der Waals surface area contributed by atoms with Gasteiger partial charge in [0.1, 0.15) is 16.8 Å². The number of nitrogens with one attached hydrogen (secondary N) is 1. The maximum atomic E-state index is 12.9. The average Bonchev–Trinajstić information content (AvgIpc) is 2.65. The first-order valence-corrected chi connectivity index (χ1v) is 10.3. The third-order valence-electron chi connectivity index (χ3n) is 3.71. The summed E-state index contributed by atoms with van der Waals surface area (Å²) < 4.78 is 12.9. The molecule has 2 aromatic rings. The van der Waals surface area contributed by atoms with E-state index in [1.165, 1.54) is 23.9 Å². The Balaban J connectivity index is 1.92. The van der Waals surface area contributed by atoms with Crippen LogP contribution in [0.3, 0.4) is 0 Å². The number of carbonyl (C=O) groups is 1. The zero-order chi connectivity index (χ0) is 19.6. The number of anilines is 1. The van der Waals surface area contributed by atoms with Crippen LogP contribution in [0.2, 0.25) is 5.15 Å². The van der Waals surface area contributed by atoms with Crippen molar-refractivity contribution in [2.24, 2.45) is 0 Å². The first-order chi connectivity index (χ1) is 13.0. The van der Waals surface area contributed by atoms with Gasteiger partial charge in [-0.15, -0.1) is 0 Å². The summed E-state index contributed by atoms with van der Waals surface area (Å²) in [5.74, 6) is 0.527. The largest absolute Gasteiger partial charge is 0.356 e. The van der Waals surface area contributed by atoms with E-state index in [-0.39, 0.29) is 17.5 Å². The van der Waals surface area contributed by atoms with E-state index in [1.807, 2.05) is 0 Å². The molecule has 1 aromatic heterocycles. The molecule has 1 amide bonds. The van der Waals surface area contributed by atoms with Crippen molar-refractivity contribution >= 4 is 35.1 Å². The van der Waals surface area contributed by atoms with Gasteiger partial charge in [0.05, 0.1) is 5.75 Å². The van der Waals surface area contributed by atoms with Crippen LogP contribution in [-0.2, 0) is 11.3 Å². The molecule has 0 saturated heterocycles. The molecule has 0 fully saturated rings. The third-order valence-corrected chi connectivity index (χ3v) is 4.75. The Labute approximate surface area is 168 Å². The fourth-order valence-corrected chi connectivity index (χ4v) is 3.39. The van der Waals surface area contributed by atoms with Crippen molar-refractivity contribution in [1.82, 2.24) is 15.3 Å². The fraction of sp³-hybridized carbons (Fsp3) is 0.421. The van der Waals surface area contributed by atoms with Crippen LogP contribution < -0.4 is 10.2 Å². The molecule has 5 nitrogen and oxygen atoms in total. The first kappa shape index (κ1) is 21.4. The van der Waals surface area contributed by atoms with E-state index in [2.05, 4.69) is 34.0 Å². The van der Waals surface area contributed by atoms with Gasteiger partial charge >= 0.3 is 0 Å². The van der Waals surface area contributed by atoms with Crippen molar-refractivity contribution in [3.63, 3.8) is 0 Å². The smallest absolute Gasteiger partial charge is 0.230 e. The summed E-state index contributed by atoms with van der Waals surface area (Å²) >= 11 is 7.38. The van der Waals surface area contributed by atoms with E-state index in [1.54, 1.807) is 18.2 Å². The van der Waals surface area contributed by atoms with Gasteiger partial charge in [0.25, 0.3) is 0 Å². The van der Waals surface area contributed by atoms with Crippen molar-refractivity contribution < 1.29 is 9.18 Å². The fourth-order valence-electron chi connectivity index (χ4n) is 2.48. The molecular formula is C19H24ClFN4OS. The highest BCUT2D eigenvalue weighted by atomic mass is 35.5. The lowest BCUT2D eigenvalue weighted by atomic mass is 10.2. The van der Waals surface area contributed by atoms with Gasteiger partial charge < -0.3 is 10.2 Å². The summed E-state index contributed by atoms with van der Waals surface area (Å²) in [4.78, 5) is 23.0. The number of hydrogen-bond acceptors (Lipinski definition) is 5. The van der Waals surface area contributed by atoms with Crippen LogP contribution in [0.25, 0.3) is 0 Å². The minimum atomic E-state index is -0.297. The molecule has 0 aliphatic rings. The number of hydrogen-bond donors (Lipinski definition) is 1. The van der Waals surface area contributed by atoms with Crippen molar-refractivity contribution in [1.29, 1.82) is 0 Å². The van der Waals surface area contributed by atoms with Crippen LogP contribution in [0.1, 0.15) is 32.3 Å². The van der Waals surface area contributed by atoms with Crippen molar-refractivity contribution in [2.75, 3.05) is 23.7 Å². The van der Waals surface area contributed by atoms with E-state index in [0.29, 0.717) is 16.9 Å². The summed E-state index contributed by atoms with van der Waals surface area (Å²) in [5.41, 5.74) is 0.839. The van der Waals surface area contributed by atoms with Crippen molar-refractivity contribution in [3.05, 3.63) is 46.9 Å². The van der Waals surface area contributed by atoms with Gasteiger partial charge in [-0.05, 0) is 30.5 Å². The lowest BCUT2D eigenvalue weighted by molar-refractivity contribution is -0.118. The predicted molar refractivity (Wildman–Crippen MR) is 109 cm³/mol. The molecule has 0 unspecified atom stereocenters. The summed E-state index contributed by atoms with van der Waals surface area (Å²) in [6.07, 6.45) is 2.02. The number of aromatic nitrogens is 2. The molecule has 146 valence electrons. The minimum Gasteiger partial charge on any atom is -0.356 e. The Kier molecular flexibility index (Phi) is 8.81. The van der Waals surface area contributed by atoms with E-state index < -0.39 is 0 Å². The Bertz CT molecular complexity index is 739. The summed E-state index contributed by atoms with van der Waals surface area (Å²) in [6, 6.07) is 7.79. The van der Waals surface area contributed by atoms with Crippen LogP contribution in [0.4, 0.5) is 10.2 Å². The third kappa shape index (κ3) is 7.34. The van der Waals surface area contributed by atoms with Gasteiger partial charge in [0, 0.05) is 25.7 Å². The van der Waals surface area contributed by atoms with Crippen LogP contribution in [0.5, 0.6) is 0 Å². The number of benzene rings is 1. The number of halogens is 2. The van der Waals surface area contributed by atoms with Gasteiger partial charge in [-0.25, -0.2) is 14.4 Å². The van der Waals surface area contributed by atoms with Crippen molar-refractivity contribution in [2.45, 2.75) is 38.4 Å². The topological polar surface area (TPSA) is 58.1 Å². The van der Waals surface area contributed by atoms with Crippen LogP contribution >= 0.6 is 23.4 Å². The molecule has 0 radical (unpaired) electrons. The Morgan fingerprint density at radius 3 is 2.48 bits per heavy atom. The molecule has 8 heteroatoms. The molecule has 1 aromatic carbocycles. The maximum Gasteiger partial charge on any atom is 0.230 e. The zero-order valence-electron chi connectivity index (χ0n) is 15.5. The highest BCUT2D eigenvalue weighted by Crippen LogP contribution is 2.22. The standard InChI is InChI=1S/C19H24ClFN4OS/c1-3-9-25(10-4-2)17-11-16(20)23-19(24-17)27-13-18(26)22-12-14-5-7-15(21)8-6-14/h5-8,11H,3-4,9-10,12-13H2,1-2H3,(H,22,26). The van der Waals surface area contributed by atoms with Crippen LogP contribution in [0, 0.1) is 5.82 Å². The molecule has 27 heavy (non-hydrogen) atoms. The Morgan fingerprint density at radius 2 is 1.85 bits per heavy atom. The summed E-state index contributed by atoms with van der Waals surface area (Å²) in [6.45, 7) is 6.37. The van der Waals surface area contributed by atoms with Crippen LogP contribution in [0.15, 0.2) is 35.5 Å². The van der Waals surface area contributed by atoms with Gasteiger partial charge in [-0.3, -0.25) is 4.79 Å². The summed E-state index contributed by atoms with van der Waals surface area (Å²) in [5, 5.41) is 3.65. The lowest BCUT2D eigenvalue weighted by Gasteiger charge is -2.22. The number of thioether (sulfide) groups is 1. The number of amides is 1. The lowest BCUT2D eigenvalue weighted by Crippen LogP contribution is -2.26. The summed E-state index contributed by atoms with van der Waals surface area (Å²) in [7, 11) is 0. The van der Waals surface area contributed by atoms with Crippen molar-refractivity contribution in [3.8, 4) is 0 Å². The predicted octanol–water partition coefficient (Wildman–Crippen LogP) is 4.30. The van der Waals surface area contributed by atoms with Gasteiger partial charge in [0.2, 0.25) is 5.91 Å². The SMILES string of the molecule is CCCN(CCC)c1cc(Cl)nc(SCC(=O)NCc2ccc(F)cc2)n1. The molecule has 0 spiro atoms. The Hall–Kier alpha value is -1.86. The van der Waals surface area contributed by atoms with Gasteiger partial charge in [-0.2, -0.15) is 0 Å². The van der Waals surface area contributed by atoms with E-state index >= 15 is 0 Å². The molecule has 0 saturated carbocycles. The number of carbonyl (C=O) groups excluding carboxylic acids is 1. The molecule has 1 N–H and O–H groups in total. The quantitative estimate of drug-likeness (QED) is 0.359. The molecule has 1 heterocycles. The highest BCUT2D eigenvalue weighted by Gasteiger charge is 2.12. The minimum absolute atomic E-state index is 0.145. The average molecular weight is 411 g/mol. The number of nitrogens with zero attached hydrogens (tertiary/aromatic N) is 3. The van der Waals surface area contributed by atoms with Crippen LogP contribution in [-0.4, -0.2) is 34.7 Å². The molecule has 2 rings (SSSR count). The van der Waals surface area contributed by atoms with E-state index in [9.17, 15) is 9.18 Å². The van der Waals surface area contributed by atoms with E-state index in [4.69, 9.17) is 11.6 Å². The first-order valence-electron chi connectivity index (χ1n) is 8.95. The molecular weight excluding hydrogens is 387 g/mol. The molecule has 0 aliphatic carbocycles. The zero-order valence-corrected chi connectivity index (χ0v) is 17.1. The second-order valence-corrected chi connectivity index (χ2v) is 7.34. The van der Waals surface area contributed by atoms with Gasteiger partial charge in [0.15, 0.2) is 5.16 Å². The maximum absolute atomic E-state index is 12.9. The van der Waals surface area contributed by atoms with E-state index in [0.717, 1.165) is 37.3 Å². The second kappa shape index (κ2) is 11.1. The molecule has 0 aliphatic heterocycles. The molecule has 0 bridgehead atoms. The number of rotatable bonds is 10. The van der Waals surface area contributed by atoms with Gasteiger partial charge in [-0.1, -0.05) is 49.3 Å².